The minimum atomic E-state index is -1.43. The lowest BCUT2D eigenvalue weighted by atomic mass is 10.1. The fourth-order valence-corrected chi connectivity index (χ4v) is 6.26. The van der Waals surface area contributed by atoms with Crippen LogP contribution >= 0.6 is 0 Å². The van der Waals surface area contributed by atoms with E-state index in [9.17, 15) is 0 Å². The number of hydrogen-bond acceptors (Lipinski definition) is 1. The highest BCUT2D eigenvalue weighted by Crippen LogP contribution is 2.51. The monoisotopic (exact) mass is 276 g/mol. The standard InChI is InChI=1S/C17H28OSi/c1-5-19(6-2,7-3)18-14(4)16-13-17(16)15-11-9-8-10-12-15/h8-12,14,16-17H,5-7,13H2,1-4H3/t14-,16-,17-/m0/s1. The second kappa shape index (κ2) is 6.23. The molecule has 2 heteroatoms. The maximum absolute atomic E-state index is 6.60. The Bertz CT molecular complexity index is 377. The first-order valence-corrected chi connectivity index (χ1v) is 10.4. The van der Waals surface area contributed by atoms with Gasteiger partial charge in [0.2, 0.25) is 0 Å². The first-order valence-electron chi connectivity index (χ1n) is 7.88. The lowest BCUT2D eigenvalue weighted by molar-refractivity contribution is 0.180. The van der Waals surface area contributed by atoms with E-state index in [1.54, 1.807) is 0 Å². The van der Waals surface area contributed by atoms with Gasteiger partial charge < -0.3 is 4.43 Å². The van der Waals surface area contributed by atoms with E-state index < -0.39 is 8.32 Å². The molecule has 2 rings (SSSR count). The van der Waals surface area contributed by atoms with Gasteiger partial charge in [0.05, 0.1) is 0 Å². The van der Waals surface area contributed by atoms with Crippen LogP contribution in [0, 0.1) is 5.92 Å². The number of benzene rings is 1. The van der Waals surface area contributed by atoms with E-state index in [0.29, 0.717) is 6.10 Å². The van der Waals surface area contributed by atoms with Crippen LogP contribution in [-0.2, 0) is 4.43 Å². The Morgan fingerprint density at radius 3 is 2.21 bits per heavy atom. The summed E-state index contributed by atoms with van der Waals surface area (Å²) < 4.78 is 6.60. The molecule has 0 radical (unpaired) electrons. The molecule has 0 saturated heterocycles. The molecule has 0 aliphatic heterocycles. The van der Waals surface area contributed by atoms with Gasteiger partial charge in [0.25, 0.3) is 0 Å². The van der Waals surface area contributed by atoms with Gasteiger partial charge in [0, 0.05) is 6.10 Å². The van der Waals surface area contributed by atoms with E-state index in [1.807, 2.05) is 0 Å². The molecule has 19 heavy (non-hydrogen) atoms. The van der Waals surface area contributed by atoms with Crippen LogP contribution in [0.2, 0.25) is 18.1 Å². The SMILES string of the molecule is CC[Si](CC)(CC)O[C@@H](C)[C@@H]1C[C@H]1c1ccccc1. The highest BCUT2D eigenvalue weighted by atomic mass is 28.4. The highest BCUT2D eigenvalue weighted by Gasteiger charge is 2.45. The molecular weight excluding hydrogens is 248 g/mol. The van der Waals surface area contributed by atoms with Crippen molar-refractivity contribution in [1.29, 1.82) is 0 Å². The smallest absolute Gasteiger partial charge is 0.192 e. The maximum atomic E-state index is 6.60. The molecular formula is C17H28OSi. The van der Waals surface area contributed by atoms with E-state index in [0.717, 1.165) is 11.8 Å². The van der Waals surface area contributed by atoms with Crippen molar-refractivity contribution in [2.75, 3.05) is 0 Å². The fraction of sp³-hybridized carbons (Fsp3) is 0.647. The predicted molar refractivity (Wildman–Crippen MR) is 85.0 cm³/mol. The molecule has 0 spiro atoms. The van der Waals surface area contributed by atoms with Crippen molar-refractivity contribution < 1.29 is 4.43 Å². The first kappa shape index (κ1) is 14.8. The molecule has 1 aliphatic rings. The molecule has 3 atom stereocenters. The van der Waals surface area contributed by atoms with Crippen LogP contribution in [0.1, 0.15) is 45.6 Å². The Kier molecular flexibility index (Phi) is 4.85. The largest absolute Gasteiger partial charge is 0.414 e. The van der Waals surface area contributed by atoms with Crippen molar-refractivity contribution in [3.05, 3.63) is 35.9 Å². The van der Waals surface area contributed by atoms with Crippen LogP contribution in [0.5, 0.6) is 0 Å². The van der Waals surface area contributed by atoms with Gasteiger partial charge in [0.1, 0.15) is 0 Å². The lowest BCUT2D eigenvalue weighted by Crippen LogP contribution is -2.39. The van der Waals surface area contributed by atoms with Crippen LogP contribution in [0.25, 0.3) is 0 Å². The molecule has 106 valence electrons. The van der Waals surface area contributed by atoms with Crippen molar-refractivity contribution in [1.82, 2.24) is 0 Å². The molecule has 0 bridgehead atoms. The minimum Gasteiger partial charge on any atom is -0.414 e. The third-order valence-electron chi connectivity index (χ3n) is 5.04. The molecule has 0 heterocycles. The Balaban J connectivity index is 1.94. The van der Waals surface area contributed by atoms with Crippen LogP contribution in [0.4, 0.5) is 0 Å². The number of rotatable bonds is 7. The Morgan fingerprint density at radius 2 is 1.68 bits per heavy atom. The zero-order valence-corrected chi connectivity index (χ0v) is 13.9. The second-order valence-corrected chi connectivity index (χ2v) is 10.7. The van der Waals surface area contributed by atoms with Gasteiger partial charge in [-0.25, -0.2) is 0 Å². The summed E-state index contributed by atoms with van der Waals surface area (Å²) in [7, 11) is -1.43. The van der Waals surface area contributed by atoms with Crippen molar-refractivity contribution in [3.8, 4) is 0 Å². The molecule has 1 aliphatic carbocycles. The highest BCUT2D eigenvalue weighted by molar-refractivity contribution is 6.73. The summed E-state index contributed by atoms with van der Waals surface area (Å²) >= 11 is 0. The number of hydrogen-bond donors (Lipinski definition) is 0. The van der Waals surface area contributed by atoms with E-state index >= 15 is 0 Å². The van der Waals surface area contributed by atoms with Crippen molar-refractivity contribution in [2.45, 2.75) is 64.3 Å². The second-order valence-electron chi connectivity index (χ2n) is 5.98. The van der Waals surface area contributed by atoms with Gasteiger partial charge in [-0.05, 0) is 48.9 Å². The van der Waals surface area contributed by atoms with Gasteiger partial charge in [-0.1, -0.05) is 51.1 Å². The third-order valence-corrected chi connectivity index (χ3v) is 9.78. The lowest BCUT2D eigenvalue weighted by Gasteiger charge is -2.32. The Labute approximate surface area is 119 Å². The molecule has 0 N–H and O–H groups in total. The molecule has 1 saturated carbocycles. The quantitative estimate of drug-likeness (QED) is 0.622. The molecule has 1 aromatic rings. The van der Waals surface area contributed by atoms with Crippen LogP contribution in [0.15, 0.2) is 30.3 Å². The summed E-state index contributed by atoms with van der Waals surface area (Å²) in [5.41, 5.74) is 1.50. The van der Waals surface area contributed by atoms with Crippen LogP contribution in [0.3, 0.4) is 0 Å². The topological polar surface area (TPSA) is 9.23 Å². The van der Waals surface area contributed by atoms with Crippen molar-refractivity contribution >= 4 is 8.32 Å². The van der Waals surface area contributed by atoms with Gasteiger partial charge in [-0.2, -0.15) is 0 Å². The summed E-state index contributed by atoms with van der Waals surface area (Å²) in [6.07, 6.45) is 1.75. The first-order chi connectivity index (χ1) is 9.15. The average molecular weight is 276 g/mol. The normalized spacial score (nSPS) is 24.2. The summed E-state index contributed by atoms with van der Waals surface area (Å²) in [5, 5.41) is 0. The Hall–Kier alpha value is -0.603. The van der Waals surface area contributed by atoms with Gasteiger partial charge in [0.15, 0.2) is 8.32 Å². The zero-order chi connectivity index (χ0) is 13.9. The van der Waals surface area contributed by atoms with Crippen LogP contribution < -0.4 is 0 Å². The van der Waals surface area contributed by atoms with E-state index in [4.69, 9.17) is 4.43 Å². The summed E-state index contributed by atoms with van der Waals surface area (Å²) in [4.78, 5) is 0. The third kappa shape index (κ3) is 3.29. The van der Waals surface area contributed by atoms with E-state index in [1.165, 1.54) is 30.1 Å². The Morgan fingerprint density at radius 1 is 1.11 bits per heavy atom. The molecule has 0 unspecified atom stereocenters. The average Bonchev–Trinajstić information content (AvgIpc) is 3.26. The molecule has 0 amide bonds. The minimum absolute atomic E-state index is 0.441. The van der Waals surface area contributed by atoms with Crippen molar-refractivity contribution in [3.63, 3.8) is 0 Å². The van der Waals surface area contributed by atoms with Crippen LogP contribution in [-0.4, -0.2) is 14.4 Å². The van der Waals surface area contributed by atoms with E-state index in [-0.39, 0.29) is 0 Å². The summed E-state index contributed by atoms with van der Waals surface area (Å²) in [6.45, 7) is 9.24. The molecule has 1 aromatic carbocycles. The molecule has 1 fully saturated rings. The zero-order valence-electron chi connectivity index (χ0n) is 12.9. The predicted octanol–water partition coefficient (Wildman–Crippen LogP) is 5.20. The van der Waals surface area contributed by atoms with Gasteiger partial charge >= 0.3 is 0 Å². The summed E-state index contributed by atoms with van der Waals surface area (Å²) in [5.74, 6) is 1.49. The molecule has 1 nitrogen and oxygen atoms in total. The van der Waals surface area contributed by atoms with Gasteiger partial charge in [-0.3, -0.25) is 0 Å². The maximum Gasteiger partial charge on any atom is 0.192 e. The van der Waals surface area contributed by atoms with Crippen molar-refractivity contribution in [2.24, 2.45) is 5.92 Å². The van der Waals surface area contributed by atoms with Gasteiger partial charge in [-0.15, -0.1) is 0 Å². The molecule has 0 aromatic heterocycles. The fourth-order valence-electron chi connectivity index (χ4n) is 3.30. The summed E-state index contributed by atoms with van der Waals surface area (Å²) in [6, 6.07) is 14.7. The van der Waals surface area contributed by atoms with E-state index in [2.05, 4.69) is 58.0 Å².